The summed E-state index contributed by atoms with van der Waals surface area (Å²) in [6.45, 7) is 7.02. The number of benzene rings is 1. The van der Waals surface area contributed by atoms with Gasteiger partial charge in [0.25, 0.3) is 0 Å². The maximum absolute atomic E-state index is 10.6. The summed E-state index contributed by atoms with van der Waals surface area (Å²) in [5, 5.41) is 1.20. The lowest BCUT2D eigenvalue weighted by Gasteiger charge is -2.04. The van der Waals surface area contributed by atoms with E-state index in [0.717, 1.165) is 6.54 Å². The Balaban J connectivity index is 2.17. The molecule has 0 atom stereocenters. The van der Waals surface area contributed by atoms with Crippen LogP contribution < -0.4 is 4.57 Å². The molecular weight excluding hydrogens is 294 g/mol. The predicted molar refractivity (Wildman–Crippen MR) is 80.0 cm³/mol. The first-order chi connectivity index (χ1) is 9.28. The molecule has 2 rings (SSSR count). The molecule has 0 radical (unpaired) electrons. The molecule has 1 heterocycles. The molecule has 2 aromatic rings. The molecule has 4 nitrogen and oxygen atoms in total. The van der Waals surface area contributed by atoms with E-state index in [1.54, 1.807) is 11.3 Å². The van der Waals surface area contributed by atoms with Crippen LogP contribution in [0, 0.1) is 20.8 Å². The van der Waals surface area contributed by atoms with Crippen molar-refractivity contribution in [3.05, 3.63) is 28.3 Å². The van der Waals surface area contributed by atoms with Gasteiger partial charge in [0.15, 0.2) is 0 Å². The van der Waals surface area contributed by atoms with Crippen molar-refractivity contribution in [3.63, 3.8) is 0 Å². The molecule has 0 aliphatic rings. The van der Waals surface area contributed by atoms with Crippen LogP contribution in [0.3, 0.4) is 0 Å². The van der Waals surface area contributed by atoms with Gasteiger partial charge in [-0.3, -0.25) is 0 Å². The lowest BCUT2D eigenvalue weighted by Crippen LogP contribution is -2.35. The summed E-state index contributed by atoms with van der Waals surface area (Å²) in [5.74, 6) is -0.271. The Bertz CT molecular complexity index is 732. The number of fused-ring (bicyclic) bond motifs is 1. The topological polar surface area (TPSA) is 61.1 Å². The molecule has 0 aliphatic carbocycles. The number of aryl methyl sites for hydroxylation is 4. The summed E-state index contributed by atoms with van der Waals surface area (Å²) in [6, 6.07) is 4.37. The van der Waals surface area contributed by atoms with Crippen LogP contribution in [-0.4, -0.2) is 18.7 Å². The summed E-state index contributed by atoms with van der Waals surface area (Å²) in [6.07, 6.45) is 1.12. The van der Waals surface area contributed by atoms with Crippen molar-refractivity contribution in [1.82, 2.24) is 0 Å². The monoisotopic (exact) mass is 313 g/mol. The van der Waals surface area contributed by atoms with Crippen LogP contribution >= 0.6 is 11.3 Å². The third-order valence-electron chi connectivity index (χ3n) is 3.53. The zero-order chi connectivity index (χ0) is 14.9. The SMILES string of the molecule is Cc1cc2sc(C)[n+](CCCCS(=O)(=O)[O-])c2cc1C. The highest BCUT2D eigenvalue weighted by atomic mass is 32.2. The molecule has 1 aromatic carbocycles. The number of aromatic nitrogens is 1. The summed E-state index contributed by atoms with van der Waals surface area (Å²) < 4.78 is 35.2. The average molecular weight is 313 g/mol. The largest absolute Gasteiger partial charge is 0.748 e. The van der Waals surface area contributed by atoms with Gasteiger partial charge in [-0.1, -0.05) is 11.3 Å². The fourth-order valence-corrected chi connectivity index (χ4v) is 3.96. The maximum Gasteiger partial charge on any atom is 0.235 e. The second-order valence-electron chi connectivity index (χ2n) is 5.15. The Labute approximate surface area is 123 Å². The Hall–Kier alpha value is -0.980. The van der Waals surface area contributed by atoms with Gasteiger partial charge in [-0.05, 0) is 37.5 Å². The third kappa shape index (κ3) is 3.56. The van der Waals surface area contributed by atoms with Gasteiger partial charge in [0, 0.05) is 25.2 Å². The van der Waals surface area contributed by atoms with E-state index in [0.29, 0.717) is 12.8 Å². The van der Waals surface area contributed by atoms with E-state index in [-0.39, 0.29) is 5.75 Å². The summed E-state index contributed by atoms with van der Waals surface area (Å²) in [4.78, 5) is 0. The zero-order valence-electron chi connectivity index (χ0n) is 12.0. The number of hydrogen-bond donors (Lipinski definition) is 0. The fourth-order valence-electron chi connectivity index (χ4n) is 2.28. The highest BCUT2D eigenvalue weighted by Crippen LogP contribution is 2.23. The summed E-state index contributed by atoms with van der Waals surface area (Å²) in [7, 11) is -4.09. The number of nitrogens with zero attached hydrogens (tertiary/aromatic N) is 1. The van der Waals surface area contributed by atoms with E-state index in [1.165, 1.54) is 26.4 Å². The van der Waals surface area contributed by atoms with Gasteiger partial charge < -0.3 is 4.55 Å². The molecule has 110 valence electrons. The molecule has 0 saturated carbocycles. The van der Waals surface area contributed by atoms with E-state index >= 15 is 0 Å². The second kappa shape index (κ2) is 5.79. The number of hydrogen-bond acceptors (Lipinski definition) is 4. The van der Waals surface area contributed by atoms with Gasteiger partial charge in [-0.2, -0.15) is 4.57 Å². The summed E-state index contributed by atoms with van der Waals surface area (Å²) in [5.41, 5.74) is 3.73. The quantitative estimate of drug-likeness (QED) is 0.484. The minimum atomic E-state index is -4.09. The van der Waals surface area contributed by atoms with Gasteiger partial charge in [-0.25, -0.2) is 8.42 Å². The first-order valence-electron chi connectivity index (χ1n) is 6.62. The minimum absolute atomic E-state index is 0.271. The Morgan fingerprint density at radius 1 is 1.15 bits per heavy atom. The van der Waals surface area contributed by atoms with Crippen LogP contribution in [-0.2, 0) is 16.7 Å². The Kier molecular flexibility index (Phi) is 4.46. The smallest absolute Gasteiger partial charge is 0.235 e. The van der Waals surface area contributed by atoms with Crippen LogP contribution in [0.25, 0.3) is 10.2 Å². The van der Waals surface area contributed by atoms with E-state index < -0.39 is 10.1 Å². The Morgan fingerprint density at radius 2 is 1.80 bits per heavy atom. The van der Waals surface area contributed by atoms with E-state index in [9.17, 15) is 13.0 Å². The van der Waals surface area contributed by atoms with Crippen LogP contribution in [0.2, 0.25) is 0 Å². The molecule has 0 aliphatic heterocycles. The van der Waals surface area contributed by atoms with Gasteiger partial charge in [0.2, 0.25) is 10.5 Å². The standard InChI is InChI=1S/C14H19NO3S2/c1-10-8-13-14(9-11(10)2)19-12(3)15(13)6-4-5-7-20(16,17)18/h8-9H,4-7H2,1-3H3. The first-order valence-corrected chi connectivity index (χ1v) is 9.01. The molecule has 0 unspecified atom stereocenters. The third-order valence-corrected chi connectivity index (χ3v) is 5.38. The van der Waals surface area contributed by atoms with Gasteiger partial charge in [0.05, 0.1) is 10.1 Å². The van der Waals surface area contributed by atoms with Crippen molar-refractivity contribution in [2.45, 2.75) is 40.2 Å². The number of thiazole rings is 1. The van der Waals surface area contributed by atoms with Gasteiger partial charge in [-0.15, -0.1) is 0 Å². The molecule has 0 N–H and O–H groups in total. The number of rotatable bonds is 5. The van der Waals surface area contributed by atoms with Crippen molar-refractivity contribution in [2.24, 2.45) is 0 Å². The molecule has 0 saturated heterocycles. The minimum Gasteiger partial charge on any atom is -0.748 e. The molecule has 0 spiro atoms. The molecule has 0 fully saturated rings. The van der Waals surface area contributed by atoms with E-state index in [2.05, 4.69) is 37.5 Å². The number of unbranched alkanes of at least 4 members (excludes halogenated alkanes) is 1. The zero-order valence-corrected chi connectivity index (χ0v) is 13.6. The van der Waals surface area contributed by atoms with Crippen LogP contribution in [0.5, 0.6) is 0 Å². The molecule has 6 heteroatoms. The summed E-state index contributed by atoms with van der Waals surface area (Å²) >= 11 is 1.75. The van der Waals surface area contributed by atoms with Crippen molar-refractivity contribution in [2.75, 3.05) is 5.75 Å². The average Bonchev–Trinajstić information content (AvgIpc) is 2.60. The maximum atomic E-state index is 10.6. The normalized spacial score (nSPS) is 12.2. The lowest BCUT2D eigenvalue weighted by molar-refractivity contribution is -0.673. The highest BCUT2D eigenvalue weighted by molar-refractivity contribution is 7.85. The van der Waals surface area contributed by atoms with Gasteiger partial charge >= 0.3 is 0 Å². The van der Waals surface area contributed by atoms with Crippen LogP contribution in [0.15, 0.2) is 12.1 Å². The molecular formula is C14H19NO3S2. The van der Waals surface area contributed by atoms with Crippen molar-refractivity contribution < 1.29 is 17.5 Å². The lowest BCUT2D eigenvalue weighted by atomic mass is 10.1. The fraction of sp³-hybridized carbons (Fsp3) is 0.500. The van der Waals surface area contributed by atoms with Crippen LogP contribution in [0.4, 0.5) is 0 Å². The van der Waals surface area contributed by atoms with E-state index in [1.807, 2.05) is 0 Å². The van der Waals surface area contributed by atoms with Crippen molar-refractivity contribution >= 4 is 31.7 Å². The molecule has 0 bridgehead atoms. The van der Waals surface area contributed by atoms with Gasteiger partial charge in [0.1, 0.15) is 11.2 Å². The Morgan fingerprint density at radius 3 is 2.45 bits per heavy atom. The molecule has 20 heavy (non-hydrogen) atoms. The predicted octanol–water partition coefficient (Wildman–Crippen LogP) is 2.44. The van der Waals surface area contributed by atoms with E-state index in [4.69, 9.17) is 0 Å². The van der Waals surface area contributed by atoms with Crippen LogP contribution in [0.1, 0.15) is 29.0 Å². The molecule has 1 aromatic heterocycles. The van der Waals surface area contributed by atoms with Crippen molar-refractivity contribution in [1.29, 1.82) is 0 Å². The highest BCUT2D eigenvalue weighted by Gasteiger charge is 2.17. The second-order valence-corrected chi connectivity index (χ2v) is 7.90. The molecule has 0 amide bonds. The van der Waals surface area contributed by atoms with Crippen molar-refractivity contribution in [3.8, 4) is 0 Å². The first kappa shape index (κ1) is 15.4.